The molecule has 1 amide bonds. The van der Waals surface area contributed by atoms with Gasteiger partial charge in [0.25, 0.3) is 0 Å². The molecule has 13 rings (SSSR count). The monoisotopic (exact) mass is 909 g/mol. The van der Waals surface area contributed by atoms with Gasteiger partial charge in [0.05, 0.1) is 88.4 Å². The van der Waals surface area contributed by atoms with Gasteiger partial charge in [-0.1, -0.05) is 13.8 Å². The highest BCUT2D eigenvalue weighted by atomic mass is 16.3. The Morgan fingerprint density at radius 2 is 1.68 bits per heavy atom. The summed E-state index contributed by atoms with van der Waals surface area (Å²) in [7, 11) is 0. The Morgan fingerprint density at radius 1 is 0.797 bits per heavy atom. The summed E-state index contributed by atoms with van der Waals surface area (Å²) in [6.45, 7) is 6.42. The first-order chi connectivity index (χ1) is 33.8. The molecule has 10 aromatic rings. The second-order valence-corrected chi connectivity index (χ2v) is 17.6. The van der Waals surface area contributed by atoms with Crippen LogP contribution >= 0.6 is 0 Å². The number of hydrogen-bond acceptors (Lipinski definition) is 15. The number of aromatic nitrogens is 10. The van der Waals surface area contributed by atoms with Crippen LogP contribution in [0.25, 0.3) is 83.9 Å². The van der Waals surface area contributed by atoms with Gasteiger partial charge >= 0.3 is 0 Å². The zero-order chi connectivity index (χ0) is 46.3. The summed E-state index contributed by atoms with van der Waals surface area (Å²) in [6.07, 6.45) is 19.4. The number of anilines is 2. The molecule has 6 N–H and O–H groups in total. The van der Waals surface area contributed by atoms with Gasteiger partial charge < -0.3 is 35.2 Å². The number of furan rings is 2. The highest BCUT2D eigenvalue weighted by molar-refractivity contribution is 6.15. The van der Waals surface area contributed by atoms with Crippen LogP contribution in [0.2, 0.25) is 0 Å². The number of fused-ring (bicyclic) bond motifs is 6. The van der Waals surface area contributed by atoms with E-state index in [1.54, 1.807) is 56.0 Å². The van der Waals surface area contributed by atoms with Crippen molar-refractivity contribution in [3.05, 3.63) is 150 Å². The van der Waals surface area contributed by atoms with Gasteiger partial charge in [0.2, 0.25) is 5.91 Å². The number of H-pyrrole nitrogens is 2. The molecule has 13 heterocycles. The number of carbonyl (C=O) groups is 1. The van der Waals surface area contributed by atoms with E-state index in [0.29, 0.717) is 58.4 Å². The molecule has 1 fully saturated rings. The number of amides is 1. The predicted molar refractivity (Wildman–Crippen MR) is 259 cm³/mol. The predicted octanol–water partition coefficient (Wildman–Crippen LogP) is 8.92. The van der Waals surface area contributed by atoms with Gasteiger partial charge in [-0.25, -0.2) is 9.97 Å². The SMILES string of the molecule is Cc1ccncc1-c1cc2c(C3=C4NC4c4c(ccnc4-c4cocc4-c4nc(-c5cncc(NC(=O)CC(C)C)c5)cc5c4CNN=C5c4nc5c(-c6ccoc6)nccc5[nH]4)N3)n[nH]c2cn1. The van der Waals surface area contributed by atoms with E-state index < -0.39 is 0 Å². The van der Waals surface area contributed by atoms with Crippen LogP contribution in [0, 0.1) is 12.8 Å². The van der Waals surface area contributed by atoms with E-state index in [2.05, 4.69) is 59.4 Å². The number of carbonyl (C=O) groups excluding carboxylic acids is 1. The highest BCUT2D eigenvalue weighted by Gasteiger charge is 2.43. The fraction of sp³-hybridized carbons (Fsp3) is 0.137. The minimum absolute atomic E-state index is 0.0933. The van der Waals surface area contributed by atoms with Crippen LogP contribution in [0.15, 0.2) is 131 Å². The summed E-state index contributed by atoms with van der Waals surface area (Å²) >= 11 is 0. The Labute approximate surface area is 391 Å². The van der Waals surface area contributed by atoms with E-state index in [1.165, 1.54) is 0 Å². The molecule has 1 unspecified atom stereocenters. The maximum atomic E-state index is 12.9. The van der Waals surface area contributed by atoms with Crippen LogP contribution in [-0.2, 0) is 11.3 Å². The van der Waals surface area contributed by atoms with Gasteiger partial charge in [0.1, 0.15) is 35.1 Å². The number of rotatable bonds is 10. The van der Waals surface area contributed by atoms with Crippen molar-refractivity contribution in [3.63, 3.8) is 0 Å². The largest absolute Gasteiger partial charge is 0.472 e. The Bertz CT molecular complexity index is 3790. The number of pyridine rings is 6. The average molecular weight is 910 g/mol. The molecule has 1 saturated heterocycles. The first-order valence-corrected chi connectivity index (χ1v) is 22.4. The minimum atomic E-state index is -0.140. The molecule has 0 aliphatic carbocycles. The summed E-state index contributed by atoms with van der Waals surface area (Å²) in [5.74, 6) is 0.630. The second kappa shape index (κ2) is 15.7. The minimum Gasteiger partial charge on any atom is -0.472 e. The summed E-state index contributed by atoms with van der Waals surface area (Å²) in [5, 5.41) is 24.1. The van der Waals surface area contributed by atoms with Crippen molar-refractivity contribution >= 4 is 50.6 Å². The molecule has 0 saturated carbocycles. The number of hydrazone groups is 1. The molecule has 0 radical (unpaired) electrons. The maximum absolute atomic E-state index is 12.9. The fourth-order valence-electron chi connectivity index (χ4n) is 9.34. The first kappa shape index (κ1) is 40.0. The zero-order valence-electron chi connectivity index (χ0n) is 37.2. The van der Waals surface area contributed by atoms with Crippen LogP contribution in [0.3, 0.4) is 0 Å². The Hall–Kier alpha value is -9.32. The standard InChI is InChI=1S/C51H39N15O3/c1-24(2)12-40(67)58-28-13-27(16-53-17-28)37-14-29-32(19-57-65-46(29)51-61-36-6-10-54-42(47(36)63-51)26-7-11-68-21-26)43(60-37)33-22-69-23-34(33)44-41-35(5-9-55-44)59-49(50-48(41)62-50)45-30-15-38(56-20-39(30)64-66-45)31-18-52-8-4-25(31)3/h4-11,13-18,20-24,48,57,59,62H,12,19H2,1-3H3,(H,58,67)(H,61,63)(H,64,66). The average Bonchev–Trinajstić information content (AvgIpc) is 3.86. The normalized spacial score (nSPS) is 14.7. The van der Waals surface area contributed by atoms with Crippen molar-refractivity contribution < 1.29 is 13.6 Å². The third-order valence-electron chi connectivity index (χ3n) is 12.6. The van der Waals surface area contributed by atoms with Gasteiger partial charge in [-0.15, -0.1) is 0 Å². The van der Waals surface area contributed by atoms with Crippen molar-refractivity contribution in [2.45, 2.75) is 39.8 Å². The Morgan fingerprint density at radius 3 is 2.55 bits per heavy atom. The zero-order valence-corrected chi connectivity index (χ0v) is 37.2. The molecule has 336 valence electrons. The summed E-state index contributed by atoms with van der Waals surface area (Å²) < 4.78 is 11.5. The van der Waals surface area contributed by atoms with Crippen LogP contribution in [-0.4, -0.2) is 61.7 Å². The van der Waals surface area contributed by atoms with Crippen LogP contribution < -0.4 is 21.4 Å². The third kappa shape index (κ3) is 6.79. The molecule has 0 spiro atoms. The topological polar surface area (TPSA) is 248 Å². The Balaban J connectivity index is 0.920. The van der Waals surface area contributed by atoms with Crippen molar-refractivity contribution in [2.75, 3.05) is 10.6 Å². The van der Waals surface area contributed by atoms with Gasteiger partial charge in [0.15, 0.2) is 5.82 Å². The van der Waals surface area contributed by atoms with Crippen LogP contribution in [0.1, 0.15) is 60.1 Å². The summed E-state index contributed by atoms with van der Waals surface area (Å²) in [4.78, 5) is 50.1. The molecule has 10 aromatic heterocycles. The lowest BCUT2D eigenvalue weighted by atomic mass is 9.91. The molecule has 69 heavy (non-hydrogen) atoms. The van der Waals surface area contributed by atoms with Crippen LogP contribution in [0.5, 0.6) is 0 Å². The van der Waals surface area contributed by atoms with E-state index in [4.69, 9.17) is 39.0 Å². The highest BCUT2D eigenvalue weighted by Crippen LogP contribution is 2.52. The number of imidazole rings is 1. The quantitative estimate of drug-likeness (QED) is 0.0702. The van der Waals surface area contributed by atoms with Crippen molar-refractivity contribution in [1.82, 2.24) is 60.8 Å². The fourth-order valence-corrected chi connectivity index (χ4v) is 9.34. The van der Waals surface area contributed by atoms with Crippen molar-refractivity contribution in [1.29, 1.82) is 0 Å². The van der Waals surface area contributed by atoms with E-state index in [1.807, 2.05) is 62.6 Å². The van der Waals surface area contributed by atoms with Gasteiger partial charge in [0, 0.05) is 93.0 Å². The number of hydrogen-bond donors (Lipinski definition) is 6. The van der Waals surface area contributed by atoms with Crippen molar-refractivity contribution in [3.8, 4) is 56.3 Å². The van der Waals surface area contributed by atoms with Gasteiger partial charge in [-0.3, -0.25) is 34.8 Å². The summed E-state index contributed by atoms with van der Waals surface area (Å²) in [5.41, 5.74) is 21.3. The Kier molecular flexibility index (Phi) is 9.07. The van der Waals surface area contributed by atoms with E-state index >= 15 is 0 Å². The lowest BCUT2D eigenvalue weighted by molar-refractivity contribution is -0.116. The number of nitrogens with one attached hydrogen (secondary N) is 6. The van der Waals surface area contributed by atoms with E-state index in [9.17, 15) is 4.79 Å². The molecule has 0 aromatic carbocycles. The molecule has 18 nitrogen and oxygen atoms in total. The maximum Gasteiger partial charge on any atom is 0.224 e. The molecule has 3 aliphatic heterocycles. The van der Waals surface area contributed by atoms with E-state index in [-0.39, 0.29) is 17.9 Å². The first-order valence-electron chi connectivity index (χ1n) is 22.4. The lowest BCUT2D eigenvalue weighted by Gasteiger charge is -2.22. The van der Waals surface area contributed by atoms with Crippen LogP contribution in [0.4, 0.5) is 11.4 Å². The van der Waals surface area contributed by atoms with E-state index in [0.717, 1.165) is 95.1 Å². The number of nitrogens with zero attached hydrogens (tertiary/aromatic N) is 9. The molecule has 0 bridgehead atoms. The smallest absolute Gasteiger partial charge is 0.224 e. The molecular weight excluding hydrogens is 871 g/mol. The molecule has 3 aliphatic rings. The second-order valence-electron chi connectivity index (χ2n) is 17.6. The summed E-state index contributed by atoms with van der Waals surface area (Å²) in [6, 6.07) is 13.5. The third-order valence-corrected chi connectivity index (χ3v) is 12.6. The lowest BCUT2D eigenvalue weighted by Crippen LogP contribution is -2.23. The van der Waals surface area contributed by atoms with Gasteiger partial charge in [-0.05, 0) is 60.9 Å². The molecule has 1 atom stereocenters. The van der Waals surface area contributed by atoms with Gasteiger partial charge in [-0.2, -0.15) is 10.2 Å². The number of aryl methyl sites for hydroxylation is 1. The number of aromatic amines is 2. The molecule has 18 heteroatoms. The molecular formula is C51H39N15O3. The van der Waals surface area contributed by atoms with Crippen molar-refractivity contribution in [2.24, 2.45) is 11.0 Å².